The van der Waals surface area contributed by atoms with Gasteiger partial charge in [0.1, 0.15) is 11.6 Å². The highest BCUT2D eigenvalue weighted by Crippen LogP contribution is 2.28. The van der Waals surface area contributed by atoms with Crippen molar-refractivity contribution in [3.63, 3.8) is 0 Å². The van der Waals surface area contributed by atoms with Gasteiger partial charge >= 0.3 is 0 Å². The number of ether oxygens (including phenoxy) is 1. The molecule has 128 valence electrons. The fourth-order valence-electron chi connectivity index (χ4n) is 2.87. The van der Waals surface area contributed by atoms with Crippen molar-refractivity contribution in [1.82, 2.24) is 9.78 Å². The Kier molecular flexibility index (Phi) is 4.31. The smallest absolute Gasteiger partial charge is 0.260 e. The molecule has 1 N–H and O–H groups in total. The van der Waals surface area contributed by atoms with Crippen LogP contribution in [0.4, 0.5) is 5.82 Å². The molecule has 0 bridgehead atoms. The number of carbonyl (C=O) groups excluding carboxylic acids is 1. The number of carbonyl (C=O) groups is 1. The van der Waals surface area contributed by atoms with Crippen LogP contribution < -0.4 is 10.1 Å². The van der Waals surface area contributed by atoms with Crippen LogP contribution in [0.25, 0.3) is 0 Å². The summed E-state index contributed by atoms with van der Waals surface area (Å²) >= 11 is 0. The summed E-state index contributed by atoms with van der Waals surface area (Å²) in [5.74, 6) is 0.837. The van der Waals surface area contributed by atoms with Gasteiger partial charge in [-0.15, -0.1) is 0 Å². The Morgan fingerprint density at radius 3 is 2.79 bits per heavy atom. The summed E-state index contributed by atoms with van der Waals surface area (Å²) in [5.41, 5.74) is 1.12. The van der Waals surface area contributed by atoms with Crippen LogP contribution in [0.5, 0.6) is 5.75 Å². The molecule has 1 aliphatic rings. The van der Waals surface area contributed by atoms with Gasteiger partial charge in [-0.1, -0.05) is 12.1 Å². The molecule has 24 heavy (non-hydrogen) atoms. The molecule has 0 radical (unpaired) electrons. The van der Waals surface area contributed by atoms with Crippen LogP contribution in [-0.2, 0) is 9.84 Å². The molecular formula is C16H19N3O4S. The lowest BCUT2D eigenvalue weighted by Crippen LogP contribution is -2.20. The molecule has 7 nitrogen and oxygen atoms in total. The Bertz CT molecular complexity index is 873. The number of rotatable bonds is 4. The Balaban J connectivity index is 1.87. The molecule has 1 aliphatic heterocycles. The van der Waals surface area contributed by atoms with Crippen LogP contribution in [-0.4, -0.2) is 42.7 Å². The maximum Gasteiger partial charge on any atom is 0.260 e. The van der Waals surface area contributed by atoms with E-state index in [0.717, 1.165) is 5.69 Å². The number of methoxy groups -OCH3 is 1. The summed E-state index contributed by atoms with van der Waals surface area (Å²) in [6.45, 7) is 1.80. The van der Waals surface area contributed by atoms with E-state index >= 15 is 0 Å². The van der Waals surface area contributed by atoms with Gasteiger partial charge in [-0.05, 0) is 25.5 Å². The lowest BCUT2D eigenvalue weighted by atomic mass is 10.2. The number of nitrogens with one attached hydrogen (secondary N) is 1. The Morgan fingerprint density at radius 1 is 1.38 bits per heavy atom. The van der Waals surface area contributed by atoms with E-state index in [0.29, 0.717) is 23.6 Å². The molecular weight excluding hydrogens is 330 g/mol. The Hall–Kier alpha value is -2.35. The van der Waals surface area contributed by atoms with E-state index in [1.54, 1.807) is 41.9 Å². The second-order valence-corrected chi connectivity index (χ2v) is 8.06. The van der Waals surface area contributed by atoms with Gasteiger partial charge in [0, 0.05) is 6.07 Å². The minimum atomic E-state index is -3.04. The largest absolute Gasteiger partial charge is 0.496 e. The highest BCUT2D eigenvalue weighted by molar-refractivity contribution is 7.91. The van der Waals surface area contributed by atoms with Crippen LogP contribution >= 0.6 is 0 Å². The number of para-hydroxylation sites is 1. The van der Waals surface area contributed by atoms with Gasteiger partial charge < -0.3 is 10.1 Å². The van der Waals surface area contributed by atoms with Crippen LogP contribution in [0.15, 0.2) is 30.3 Å². The quantitative estimate of drug-likeness (QED) is 0.909. The molecule has 1 atom stereocenters. The minimum absolute atomic E-state index is 0.0473. The molecule has 2 heterocycles. The van der Waals surface area contributed by atoms with Gasteiger partial charge in [-0.2, -0.15) is 5.10 Å². The number of amides is 1. The number of anilines is 1. The van der Waals surface area contributed by atoms with Gasteiger partial charge in [0.05, 0.1) is 35.9 Å². The van der Waals surface area contributed by atoms with Crippen molar-refractivity contribution >= 4 is 21.6 Å². The normalized spacial score (nSPS) is 19.2. The van der Waals surface area contributed by atoms with E-state index in [1.165, 1.54) is 7.11 Å². The van der Waals surface area contributed by atoms with Crippen molar-refractivity contribution in [3.8, 4) is 5.75 Å². The fourth-order valence-corrected chi connectivity index (χ4v) is 4.56. The summed E-state index contributed by atoms with van der Waals surface area (Å²) in [6.07, 6.45) is 0.501. The topological polar surface area (TPSA) is 90.3 Å². The van der Waals surface area contributed by atoms with Crippen LogP contribution in [0.1, 0.15) is 28.5 Å². The number of aryl methyl sites for hydroxylation is 1. The average molecular weight is 349 g/mol. The van der Waals surface area contributed by atoms with Gasteiger partial charge in [-0.25, -0.2) is 13.1 Å². The summed E-state index contributed by atoms with van der Waals surface area (Å²) in [5, 5.41) is 7.17. The second kappa shape index (κ2) is 6.27. The van der Waals surface area contributed by atoms with Crippen LogP contribution in [0, 0.1) is 6.92 Å². The molecule has 3 rings (SSSR count). The maximum absolute atomic E-state index is 12.5. The first-order chi connectivity index (χ1) is 11.4. The molecule has 1 fully saturated rings. The third-order valence-corrected chi connectivity index (χ3v) is 5.76. The predicted octanol–water partition coefficient (Wildman–Crippen LogP) is 1.81. The number of sulfone groups is 1. The Labute approximate surface area is 140 Å². The van der Waals surface area contributed by atoms with Crippen molar-refractivity contribution in [3.05, 3.63) is 41.6 Å². The summed E-state index contributed by atoms with van der Waals surface area (Å²) in [7, 11) is -1.53. The first-order valence-corrected chi connectivity index (χ1v) is 9.43. The zero-order chi connectivity index (χ0) is 17.3. The molecule has 1 saturated heterocycles. The maximum atomic E-state index is 12.5. The first kappa shape index (κ1) is 16.5. The van der Waals surface area contributed by atoms with E-state index < -0.39 is 9.84 Å². The van der Waals surface area contributed by atoms with E-state index in [4.69, 9.17) is 4.74 Å². The van der Waals surface area contributed by atoms with Crippen molar-refractivity contribution in [2.75, 3.05) is 23.9 Å². The summed E-state index contributed by atoms with van der Waals surface area (Å²) < 4.78 is 30.2. The molecule has 0 aliphatic carbocycles. The Morgan fingerprint density at radius 2 is 2.12 bits per heavy atom. The minimum Gasteiger partial charge on any atom is -0.496 e. The van der Waals surface area contributed by atoms with E-state index in [2.05, 4.69) is 10.4 Å². The molecule has 8 heteroatoms. The lowest BCUT2D eigenvalue weighted by Gasteiger charge is -2.14. The number of benzene rings is 1. The van der Waals surface area contributed by atoms with E-state index in [1.807, 2.05) is 0 Å². The first-order valence-electron chi connectivity index (χ1n) is 7.60. The van der Waals surface area contributed by atoms with Crippen molar-refractivity contribution < 1.29 is 17.9 Å². The highest BCUT2D eigenvalue weighted by Gasteiger charge is 2.31. The van der Waals surface area contributed by atoms with Crippen LogP contribution in [0.3, 0.4) is 0 Å². The SMILES string of the molecule is COc1ccccc1C(=O)Nc1cc(C)nn1C1CCS(=O)(=O)C1. The highest BCUT2D eigenvalue weighted by atomic mass is 32.2. The summed E-state index contributed by atoms with van der Waals surface area (Å²) in [4.78, 5) is 12.5. The van der Waals surface area contributed by atoms with Gasteiger partial charge in [0.15, 0.2) is 9.84 Å². The number of hydrogen-bond acceptors (Lipinski definition) is 5. The number of hydrogen-bond donors (Lipinski definition) is 1. The fraction of sp³-hybridized carbons (Fsp3) is 0.375. The third kappa shape index (κ3) is 3.28. The molecule has 1 amide bonds. The zero-order valence-electron chi connectivity index (χ0n) is 13.5. The molecule has 1 aromatic heterocycles. The van der Waals surface area contributed by atoms with Crippen molar-refractivity contribution in [1.29, 1.82) is 0 Å². The van der Waals surface area contributed by atoms with Gasteiger partial charge in [0.25, 0.3) is 5.91 Å². The van der Waals surface area contributed by atoms with Crippen molar-refractivity contribution in [2.24, 2.45) is 0 Å². The molecule has 2 aromatic rings. The van der Waals surface area contributed by atoms with Crippen molar-refractivity contribution in [2.45, 2.75) is 19.4 Å². The van der Waals surface area contributed by atoms with Gasteiger partial charge in [0.2, 0.25) is 0 Å². The number of aromatic nitrogens is 2. The monoisotopic (exact) mass is 349 g/mol. The summed E-state index contributed by atoms with van der Waals surface area (Å²) in [6, 6.07) is 8.40. The molecule has 0 spiro atoms. The number of nitrogens with zero attached hydrogens (tertiary/aromatic N) is 2. The third-order valence-electron chi connectivity index (χ3n) is 4.01. The lowest BCUT2D eigenvalue weighted by molar-refractivity contribution is 0.102. The van der Waals surface area contributed by atoms with Gasteiger partial charge in [-0.3, -0.25) is 4.79 Å². The molecule has 0 saturated carbocycles. The average Bonchev–Trinajstić information content (AvgIpc) is 3.09. The van der Waals surface area contributed by atoms with Crippen LogP contribution in [0.2, 0.25) is 0 Å². The standard InChI is InChI=1S/C16H19N3O4S/c1-11-9-15(19(18-11)12-7-8-24(21,22)10-12)17-16(20)13-5-3-4-6-14(13)23-2/h3-6,9,12H,7-8,10H2,1-2H3,(H,17,20). The van der Waals surface area contributed by atoms with E-state index in [-0.39, 0.29) is 23.5 Å². The predicted molar refractivity (Wildman–Crippen MR) is 90.2 cm³/mol. The molecule has 1 unspecified atom stereocenters. The van der Waals surface area contributed by atoms with E-state index in [9.17, 15) is 13.2 Å². The zero-order valence-corrected chi connectivity index (χ0v) is 14.3. The molecule has 1 aromatic carbocycles. The second-order valence-electron chi connectivity index (χ2n) is 5.83.